The minimum absolute atomic E-state index is 0.00647. The van der Waals surface area contributed by atoms with Crippen molar-refractivity contribution in [2.45, 2.75) is 226 Å². The summed E-state index contributed by atoms with van der Waals surface area (Å²) in [5, 5.41) is 24.6. The molecule has 5 aromatic rings. The van der Waals surface area contributed by atoms with E-state index < -0.39 is 17.2 Å². The summed E-state index contributed by atoms with van der Waals surface area (Å²) in [7, 11) is 5.16. The average molecular weight is 1260 g/mol. The van der Waals surface area contributed by atoms with E-state index in [1.54, 1.807) is 13.0 Å². The molecule has 7 unspecified atom stereocenters. The Labute approximate surface area is 540 Å². The Bertz CT molecular complexity index is 3220. The molecular weight excluding hydrogens is 1150 g/mol. The van der Waals surface area contributed by atoms with Gasteiger partial charge in [-0.15, -0.1) is 0 Å². The van der Waals surface area contributed by atoms with Gasteiger partial charge < -0.3 is 34.3 Å². The number of phenols is 1. The molecule has 8 atom stereocenters. The number of piperidine rings is 3. The fourth-order valence-electron chi connectivity index (χ4n) is 14.7. The van der Waals surface area contributed by atoms with Gasteiger partial charge in [-0.3, -0.25) is 34.5 Å². The number of nitrogens with one attached hydrogen (secondary N) is 1. The lowest BCUT2D eigenvalue weighted by Crippen LogP contribution is -2.46. The Balaban J connectivity index is 0.000000192. The maximum absolute atomic E-state index is 16.1. The Morgan fingerprint density at radius 2 is 1.65 bits per heavy atom. The van der Waals surface area contributed by atoms with Gasteiger partial charge in [-0.2, -0.15) is 9.97 Å². The van der Waals surface area contributed by atoms with Gasteiger partial charge in [0, 0.05) is 94.2 Å². The van der Waals surface area contributed by atoms with E-state index in [4.69, 9.17) is 14.3 Å². The number of ether oxygens (including phenoxy) is 2. The number of nitrogens with zero attached hydrogens (tertiary/aromatic N) is 7. The topological polar surface area (TPSA) is 191 Å². The van der Waals surface area contributed by atoms with Crippen LogP contribution in [0.15, 0.2) is 48.7 Å². The minimum Gasteiger partial charge on any atom is -0.508 e. The number of aliphatic hydroxyl groups is 1. The van der Waals surface area contributed by atoms with Crippen molar-refractivity contribution in [1.82, 2.24) is 30.1 Å². The number of fused-ring (bicyclic) bond motifs is 5. The lowest BCUT2D eigenvalue weighted by Gasteiger charge is -2.41. The highest BCUT2D eigenvalue weighted by atomic mass is 19.1. The smallest absolute Gasteiger partial charge is 0.318 e. The number of methoxy groups -OCH3 is 2. The van der Waals surface area contributed by atoms with Crippen LogP contribution in [0.2, 0.25) is 0 Å². The Kier molecular flexibility index (Phi) is 27.1. The minimum atomic E-state index is -0.907. The lowest BCUT2D eigenvalue weighted by atomic mass is 9.83. The van der Waals surface area contributed by atoms with E-state index >= 15 is 4.39 Å². The van der Waals surface area contributed by atoms with Crippen molar-refractivity contribution in [2.75, 3.05) is 63.9 Å². The summed E-state index contributed by atoms with van der Waals surface area (Å²) in [5.41, 5.74) is 3.47. The average Bonchev–Trinajstić information content (AvgIpc) is 1.50. The molecule has 0 saturated carbocycles. The first-order chi connectivity index (χ1) is 43.6. The monoisotopic (exact) mass is 1260 g/mol. The van der Waals surface area contributed by atoms with Gasteiger partial charge in [0.05, 0.1) is 24.7 Å². The number of amides is 3. The molecule has 18 heteroatoms. The molecule has 500 valence electrons. The van der Waals surface area contributed by atoms with E-state index in [0.29, 0.717) is 78.7 Å². The third kappa shape index (κ3) is 18.6. The maximum atomic E-state index is 16.1. The molecule has 2 aromatic heterocycles. The number of imide groups is 1. The first-order valence-corrected chi connectivity index (χ1v) is 34.1. The number of aldehydes is 1. The van der Waals surface area contributed by atoms with Crippen molar-refractivity contribution in [3.63, 3.8) is 0 Å². The SMILES string of the molecule is CC1CCC(=O)NC1=O.CC=O.CCCC(=O)N(C)c1cc(C2CC3CCC(C2)N3CC(CCC)CCC(C)CC)ccc1C.CCc1c(F)ccc2cc(O)cc(-c3ncc4c(N5CCC[C@@](C)(O)C5)nc(OC)nc4c3F)c12.COCC1CCC2CCCN21. The van der Waals surface area contributed by atoms with Crippen LogP contribution in [-0.4, -0.2) is 143 Å². The molecule has 3 amide bonds. The second-order valence-corrected chi connectivity index (χ2v) is 26.8. The van der Waals surface area contributed by atoms with Crippen LogP contribution >= 0.6 is 0 Å². The number of hydrogen-bond donors (Lipinski definition) is 3. The molecule has 16 nitrogen and oxygen atoms in total. The Morgan fingerprint density at radius 1 is 0.923 bits per heavy atom. The number of phenolic OH excluding ortho intramolecular Hbond substituents is 1. The number of hydrogen-bond acceptors (Lipinski definition) is 14. The maximum Gasteiger partial charge on any atom is 0.318 e. The number of benzene rings is 3. The normalized spacial score (nSPS) is 23.5. The van der Waals surface area contributed by atoms with Crippen LogP contribution in [-0.2, 0) is 30.3 Å². The highest BCUT2D eigenvalue weighted by molar-refractivity contribution is 6.02. The zero-order valence-electron chi connectivity index (χ0n) is 56.7. The number of aromatic hydroxyl groups is 1. The highest BCUT2D eigenvalue weighted by Gasteiger charge is 2.42. The van der Waals surface area contributed by atoms with Crippen molar-refractivity contribution in [3.8, 4) is 23.0 Å². The fraction of sp³-hybridized carbons (Fsp3) is 0.630. The molecule has 0 aliphatic carbocycles. The van der Waals surface area contributed by atoms with Crippen LogP contribution < -0.4 is 19.9 Å². The second-order valence-electron chi connectivity index (χ2n) is 26.8. The predicted octanol–water partition coefficient (Wildman–Crippen LogP) is 14.0. The number of carbonyl (C=O) groups excluding carboxylic acids is 4. The van der Waals surface area contributed by atoms with Crippen LogP contribution in [0.3, 0.4) is 0 Å². The van der Waals surface area contributed by atoms with E-state index in [1.807, 2.05) is 37.8 Å². The number of halogens is 2. The molecule has 3 N–H and O–H groups in total. The molecule has 6 aliphatic heterocycles. The van der Waals surface area contributed by atoms with Crippen molar-refractivity contribution in [2.24, 2.45) is 17.8 Å². The van der Waals surface area contributed by atoms with Gasteiger partial charge in [0.25, 0.3) is 0 Å². The molecule has 0 spiro atoms. The summed E-state index contributed by atoms with van der Waals surface area (Å²) in [6.45, 7) is 22.7. The zero-order chi connectivity index (χ0) is 66.1. The first kappa shape index (κ1) is 72.2. The van der Waals surface area contributed by atoms with Gasteiger partial charge in [0.15, 0.2) is 5.82 Å². The van der Waals surface area contributed by atoms with Gasteiger partial charge >= 0.3 is 6.01 Å². The third-order valence-corrected chi connectivity index (χ3v) is 19.9. The zero-order valence-corrected chi connectivity index (χ0v) is 56.7. The lowest BCUT2D eigenvalue weighted by molar-refractivity contribution is -0.136. The number of rotatable bonds is 18. The molecule has 8 heterocycles. The summed E-state index contributed by atoms with van der Waals surface area (Å²) >= 11 is 0. The molecule has 6 aliphatic rings. The van der Waals surface area contributed by atoms with Crippen LogP contribution in [0.1, 0.15) is 200 Å². The van der Waals surface area contributed by atoms with E-state index in [1.165, 1.54) is 146 Å². The van der Waals surface area contributed by atoms with E-state index in [2.05, 4.69) is 82.9 Å². The summed E-state index contributed by atoms with van der Waals surface area (Å²) in [6.07, 6.45) is 24.5. The standard InChI is InChI=1S/C30H50N2O.C26H26F2N4O3.C9H17NO.C6H9NO2.C2H4O/c1-7-10-24(14-12-22(4)9-3)21-32-27-16-17-28(32)19-26(18-27)25-15-13-23(5)29(20-25)31(6)30(33)11-8-2;1-4-16-19(27)7-6-14-10-15(33)11-17(20(14)16)22-21(28)23-18(12-29-22)24(31-25(30-23)35-3)32-9-5-8-26(2,34)13-32;1-11-7-9-5-4-8-3-2-6-10(8)9;1-4-2-3-5(8)7-6(4)9;1-2-3/h13,15,20,22,24,26-28H,7-12,14,16-19,21H2,1-6H3;6-7,10-12,33-34H,4-5,8-9,13H2,1-3H3;8-9H,2-7H2,1H3;4H,2-3H2,1H3,(H,7,8,9);2H,1H3/t;26-;;;/m.1.../s1. The number of β-amino-alcohol motifs (C(OH)–C–C–N with tert-alkyl or cyclic N) is 1. The summed E-state index contributed by atoms with van der Waals surface area (Å²) in [4.78, 5) is 64.9. The third-order valence-electron chi connectivity index (χ3n) is 19.9. The largest absolute Gasteiger partial charge is 0.508 e. The van der Waals surface area contributed by atoms with Crippen LogP contribution in [0.5, 0.6) is 11.8 Å². The van der Waals surface area contributed by atoms with Crippen LogP contribution in [0, 0.1) is 36.3 Å². The number of anilines is 2. The van der Waals surface area contributed by atoms with Crippen LogP contribution in [0.4, 0.5) is 20.3 Å². The molecule has 0 radical (unpaired) electrons. The van der Waals surface area contributed by atoms with Gasteiger partial charge in [-0.1, -0.05) is 79.0 Å². The number of aromatic nitrogens is 3. The predicted molar refractivity (Wildman–Crippen MR) is 360 cm³/mol. The molecule has 11 rings (SSSR count). The van der Waals surface area contributed by atoms with Gasteiger partial charge in [-0.25, -0.2) is 8.78 Å². The molecule has 2 bridgehead atoms. The molecule has 91 heavy (non-hydrogen) atoms. The van der Waals surface area contributed by atoms with E-state index in [9.17, 15) is 29.0 Å². The molecule has 3 aromatic carbocycles. The quantitative estimate of drug-likeness (QED) is 0.0555. The van der Waals surface area contributed by atoms with Gasteiger partial charge in [0.2, 0.25) is 17.7 Å². The summed E-state index contributed by atoms with van der Waals surface area (Å²) < 4.78 is 41.2. The van der Waals surface area contributed by atoms with Crippen molar-refractivity contribution in [3.05, 3.63) is 77.0 Å². The van der Waals surface area contributed by atoms with Gasteiger partial charge in [-0.05, 0) is 193 Å². The van der Waals surface area contributed by atoms with E-state index in [0.717, 1.165) is 67.4 Å². The van der Waals surface area contributed by atoms with Crippen molar-refractivity contribution in [1.29, 1.82) is 0 Å². The number of pyridine rings is 1. The molecule has 6 fully saturated rings. The van der Waals surface area contributed by atoms with Crippen LogP contribution in [0.25, 0.3) is 32.9 Å². The summed E-state index contributed by atoms with van der Waals surface area (Å²) in [5.74, 6) is 1.54. The molecule has 6 saturated heterocycles. The Hall–Kier alpha value is -6.21. The number of carbonyl (C=O) groups is 4. The van der Waals surface area contributed by atoms with Crippen molar-refractivity contribution < 1.29 is 47.6 Å². The van der Waals surface area contributed by atoms with Crippen molar-refractivity contribution >= 4 is 57.2 Å². The number of aryl methyl sites for hydroxylation is 2. The first-order valence-electron chi connectivity index (χ1n) is 34.1. The summed E-state index contributed by atoms with van der Waals surface area (Å²) in [6, 6.07) is 15.8. The van der Waals surface area contributed by atoms with E-state index in [-0.39, 0.29) is 52.2 Å². The van der Waals surface area contributed by atoms with Gasteiger partial charge in [0.1, 0.15) is 34.9 Å². The molecular formula is C73H106F2N8O8. The highest BCUT2D eigenvalue weighted by Crippen LogP contribution is 2.45. The Morgan fingerprint density at radius 3 is 2.29 bits per heavy atom. The fourth-order valence-corrected chi connectivity index (χ4v) is 14.7. The second kappa shape index (κ2) is 34.1.